The lowest BCUT2D eigenvalue weighted by Crippen LogP contribution is -2.24. The summed E-state index contributed by atoms with van der Waals surface area (Å²) in [6.07, 6.45) is 4.48. The summed E-state index contributed by atoms with van der Waals surface area (Å²) in [5, 5.41) is 0. The van der Waals surface area contributed by atoms with Crippen molar-refractivity contribution in [2.24, 2.45) is 0 Å². The summed E-state index contributed by atoms with van der Waals surface area (Å²) >= 11 is 0. The van der Waals surface area contributed by atoms with Crippen molar-refractivity contribution in [1.82, 2.24) is 4.98 Å². The van der Waals surface area contributed by atoms with Crippen molar-refractivity contribution in [2.75, 3.05) is 0 Å². The second-order valence-corrected chi connectivity index (χ2v) is 5.10. The van der Waals surface area contributed by atoms with Crippen molar-refractivity contribution >= 4 is 12.3 Å². The summed E-state index contributed by atoms with van der Waals surface area (Å²) in [6.45, 7) is 5.48. The SMILES string of the molecule is CC(C)(C)OC(=O)c1ccc(CCCC=O)nc1. The number of carbonyl (C=O) groups excluding carboxylic acids is 2. The third-order valence-corrected chi connectivity index (χ3v) is 2.21. The predicted molar refractivity (Wildman–Crippen MR) is 68.4 cm³/mol. The van der Waals surface area contributed by atoms with E-state index >= 15 is 0 Å². The largest absolute Gasteiger partial charge is 0.456 e. The molecule has 0 aromatic carbocycles. The molecule has 0 radical (unpaired) electrons. The average molecular weight is 249 g/mol. The Morgan fingerprint density at radius 3 is 2.61 bits per heavy atom. The van der Waals surface area contributed by atoms with Crippen molar-refractivity contribution in [3.05, 3.63) is 29.6 Å². The van der Waals surface area contributed by atoms with E-state index in [0.717, 1.165) is 24.8 Å². The highest BCUT2D eigenvalue weighted by atomic mass is 16.6. The van der Waals surface area contributed by atoms with Gasteiger partial charge in [-0.25, -0.2) is 4.79 Å². The standard InChI is InChI=1S/C14H19NO3/c1-14(2,3)18-13(17)11-7-8-12(15-10-11)6-4-5-9-16/h7-10H,4-6H2,1-3H3. The number of esters is 1. The minimum atomic E-state index is -0.500. The van der Waals surface area contributed by atoms with Crippen LogP contribution in [-0.2, 0) is 16.0 Å². The molecule has 0 atom stereocenters. The monoisotopic (exact) mass is 249 g/mol. The van der Waals surface area contributed by atoms with Gasteiger partial charge in [-0.15, -0.1) is 0 Å². The van der Waals surface area contributed by atoms with Gasteiger partial charge in [-0.2, -0.15) is 0 Å². The molecule has 0 N–H and O–H groups in total. The molecule has 1 heterocycles. The van der Waals surface area contributed by atoms with E-state index < -0.39 is 5.60 Å². The lowest BCUT2D eigenvalue weighted by Gasteiger charge is -2.19. The minimum Gasteiger partial charge on any atom is -0.456 e. The molecule has 0 amide bonds. The Morgan fingerprint density at radius 2 is 2.11 bits per heavy atom. The summed E-state index contributed by atoms with van der Waals surface area (Å²) in [4.78, 5) is 26.1. The molecule has 0 unspecified atom stereocenters. The second kappa shape index (κ2) is 6.28. The molecule has 98 valence electrons. The van der Waals surface area contributed by atoms with Gasteiger partial charge in [0, 0.05) is 18.3 Å². The fraction of sp³-hybridized carbons (Fsp3) is 0.500. The number of aryl methyl sites for hydroxylation is 1. The number of nitrogens with zero attached hydrogens (tertiary/aromatic N) is 1. The Kier molecular flexibility index (Phi) is 5.01. The maximum Gasteiger partial charge on any atom is 0.340 e. The predicted octanol–water partition coefficient (Wildman–Crippen LogP) is 2.56. The van der Waals surface area contributed by atoms with Crippen LogP contribution in [0.2, 0.25) is 0 Å². The van der Waals surface area contributed by atoms with Crippen LogP contribution in [0, 0.1) is 0 Å². The number of rotatable bonds is 5. The molecule has 0 saturated carbocycles. The molecule has 1 rings (SSSR count). The van der Waals surface area contributed by atoms with Gasteiger partial charge in [0.2, 0.25) is 0 Å². The number of ether oxygens (including phenoxy) is 1. The van der Waals surface area contributed by atoms with Crippen LogP contribution in [0.25, 0.3) is 0 Å². The zero-order valence-electron chi connectivity index (χ0n) is 11.1. The molecule has 1 aromatic rings. The van der Waals surface area contributed by atoms with E-state index in [2.05, 4.69) is 4.98 Å². The molecule has 18 heavy (non-hydrogen) atoms. The molecule has 0 aliphatic heterocycles. The van der Waals surface area contributed by atoms with E-state index in [4.69, 9.17) is 4.74 Å². The van der Waals surface area contributed by atoms with Crippen LogP contribution in [0.5, 0.6) is 0 Å². The minimum absolute atomic E-state index is 0.366. The Morgan fingerprint density at radius 1 is 1.39 bits per heavy atom. The summed E-state index contributed by atoms with van der Waals surface area (Å²) in [5.74, 6) is -0.366. The summed E-state index contributed by atoms with van der Waals surface area (Å²) in [7, 11) is 0. The number of hydrogen-bond donors (Lipinski definition) is 0. The van der Waals surface area contributed by atoms with E-state index in [0.29, 0.717) is 12.0 Å². The Balaban J connectivity index is 2.59. The molecule has 0 fully saturated rings. The van der Waals surface area contributed by atoms with Gasteiger partial charge >= 0.3 is 5.97 Å². The van der Waals surface area contributed by atoms with E-state index in [1.54, 1.807) is 12.1 Å². The molecule has 0 spiro atoms. The highest BCUT2D eigenvalue weighted by Crippen LogP contribution is 2.12. The van der Waals surface area contributed by atoms with Gasteiger partial charge < -0.3 is 9.53 Å². The van der Waals surface area contributed by atoms with Crippen LogP contribution in [-0.4, -0.2) is 22.8 Å². The molecule has 0 bridgehead atoms. The number of aldehydes is 1. The lowest BCUT2D eigenvalue weighted by atomic mass is 10.1. The van der Waals surface area contributed by atoms with Gasteiger partial charge in [-0.3, -0.25) is 4.98 Å². The van der Waals surface area contributed by atoms with Crippen LogP contribution in [0.4, 0.5) is 0 Å². The zero-order chi connectivity index (χ0) is 13.6. The average Bonchev–Trinajstić information content (AvgIpc) is 2.28. The third-order valence-electron chi connectivity index (χ3n) is 2.21. The summed E-state index contributed by atoms with van der Waals surface area (Å²) in [5.41, 5.74) is 0.827. The first kappa shape index (κ1) is 14.4. The van der Waals surface area contributed by atoms with Crippen molar-refractivity contribution in [1.29, 1.82) is 0 Å². The van der Waals surface area contributed by atoms with Crippen molar-refractivity contribution in [3.8, 4) is 0 Å². The van der Waals surface area contributed by atoms with Crippen molar-refractivity contribution in [2.45, 2.75) is 45.6 Å². The molecule has 0 aliphatic rings. The maximum atomic E-state index is 11.7. The fourth-order valence-corrected chi connectivity index (χ4v) is 1.40. The number of aromatic nitrogens is 1. The molecule has 1 aromatic heterocycles. The molecule has 4 nitrogen and oxygen atoms in total. The van der Waals surface area contributed by atoms with E-state index in [9.17, 15) is 9.59 Å². The van der Waals surface area contributed by atoms with Crippen LogP contribution >= 0.6 is 0 Å². The van der Waals surface area contributed by atoms with Crippen LogP contribution < -0.4 is 0 Å². The highest BCUT2D eigenvalue weighted by molar-refractivity contribution is 5.89. The van der Waals surface area contributed by atoms with Gasteiger partial charge in [-0.05, 0) is 45.7 Å². The second-order valence-electron chi connectivity index (χ2n) is 5.10. The van der Waals surface area contributed by atoms with Crippen molar-refractivity contribution in [3.63, 3.8) is 0 Å². The van der Waals surface area contributed by atoms with E-state index in [1.165, 1.54) is 6.20 Å². The summed E-state index contributed by atoms with van der Waals surface area (Å²) in [6, 6.07) is 3.50. The molecule has 4 heteroatoms. The van der Waals surface area contributed by atoms with Gasteiger partial charge in [0.1, 0.15) is 11.9 Å². The summed E-state index contributed by atoms with van der Waals surface area (Å²) < 4.78 is 5.24. The van der Waals surface area contributed by atoms with Crippen LogP contribution in [0.3, 0.4) is 0 Å². The quantitative estimate of drug-likeness (QED) is 0.457. The Labute approximate surface area is 107 Å². The highest BCUT2D eigenvalue weighted by Gasteiger charge is 2.17. The first-order valence-electron chi connectivity index (χ1n) is 6.04. The smallest absolute Gasteiger partial charge is 0.340 e. The fourth-order valence-electron chi connectivity index (χ4n) is 1.40. The third kappa shape index (κ3) is 5.08. The number of hydrogen-bond acceptors (Lipinski definition) is 4. The topological polar surface area (TPSA) is 56.3 Å². The molecule has 0 saturated heterocycles. The molecule has 0 aliphatic carbocycles. The first-order chi connectivity index (χ1) is 8.42. The van der Waals surface area contributed by atoms with Crippen LogP contribution in [0.1, 0.15) is 49.7 Å². The number of unbranched alkanes of at least 4 members (excludes halogenated alkanes) is 1. The Bertz CT molecular complexity index is 404. The first-order valence-corrected chi connectivity index (χ1v) is 6.04. The van der Waals surface area contributed by atoms with Gasteiger partial charge in [0.15, 0.2) is 0 Å². The number of carbonyl (C=O) groups is 2. The molecular formula is C14H19NO3. The van der Waals surface area contributed by atoms with Crippen LogP contribution in [0.15, 0.2) is 18.3 Å². The van der Waals surface area contributed by atoms with Gasteiger partial charge in [0.25, 0.3) is 0 Å². The van der Waals surface area contributed by atoms with Gasteiger partial charge in [0.05, 0.1) is 5.56 Å². The van der Waals surface area contributed by atoms with Crippen molar-refractivity contribution < 1.29 is 14.3 Å². The van der Waals surface area contributed by atoms with E-state index in [1.807, 2.05) is 20.8 Å². The van der Waals surface area contributed by atoms with Gasteiger partial charge in [-0.1, -0.05) is 0 Å². The zero-order valence-corrected chi connectivity index (χ0v) is 11.1. The lowest BCUT2D eigenvalue weighted by molar-refractivity contribution is -0.107. The molecular weight excluding hydrogens is 230 g/mol. The Hall–Kier alpha value is -1.71. The normalized spacial score (nSPS) is 11.1. The number of pyridine rings is 1. The van der Waals surface area contributed by atoms with E-state index in [-0.39, 0.29) is 5.97 Å². The maximum absolute atomic E-state index is 11.7.